The average molecular weight is 348 g/mol. The van der Waals surface area contributed by atoms with Gasteiger partial charge in [0.2, 0.25) is 5.91 Å². The molecule has 0 aliphatic carbocycles. The summed E-state index contributed by atoms with van der Waals surface area (Å²) >= 11 is 5.73. The summed E-state index contributed by atoms with van der Waals surface area (Å²) < 4.78 is 24.3. The molecule has 2 aromatic carbocycles. The first-order chi connectivity index (χ1) is 10.9. The first-order valence-electron chi connectivity index (χ1n) is 6.75. The van der Waals surface area contributed by atoms with E-state index in [1.165, 1.54) is 24.3 Å². The summed E-state index contributed by atoms with van der Waals surface area (Å²) in [5.41, 5.74) is 1.17. The largest absolute Gasteiger partial charge is 0.326 e. The van der Waals surface area contributed by atoms with Crippen molar-refractivity contribution in [3.8, 4) is 12.3 Å². The molecule has 0 aromatic heterocycles. The number of halogens is 1. The molecule has 6 heteroatoms. The molecular formula is C17H14ClNO3S. The van der Waals surface area contributed by atoms with E-state index in [-0.39, 0.29) is 17.1 Å². The van der Waals surface area contributed by atoms with Crippen LogP contribution in [0.5, 0.6) is 0 Å². The van der Waals surface area contributed by atoms with Gasteiger partial charge in [-0.1, -0.05) is 23.6 Å². The minimum atomic E-state index is -3.53. The minimum Gasteiger partial charge on any atom is -0.326 e. The van der Waals surface area contributed by atoms with Gasteiger partial charge in [0.25, 0.3) is 0 Å². The number of sulfone groups is 1. The van der Waals surface area contributed by atoms with Gasteiger partial charge in [-0.15, -0.1) is 6.42 Å². The predicted octanol–water partition coefficient (Wildman–Crippen LogP) is 3.12. The van der Waals surface area contributed by atoms with Crippen LogP contribution in [0.15, 0.2) is 53.4 Å². The van der Waals surface area contributed by atoms with Gasteiger partial charge in [-0.05, 0) is 42.5 Å². The molecule has 0 aliphatic rings. The van der Waals surface area contributed by atoms with Crippen LogP contribution in [0.25, 0.3) is 0 Å². The van der Waals surface area contributed by atoms with Gasteiger partial charge in [0, 0.05) is 22.7 Å². The van der Waals surface area contributed by atoms with Crippen molar-refractivity contribution in [1.82, 2.24) is 0 Å². The molecule has 1 amide bonds. The lowest BCUT2D eigenvalue weighted by Gasteiger charge is -2.07. The minimum absolute atomic E-state index is 0.143. The third kappa shape index (κ3) is 4.85. The number of benzene rings is 2. The third-order valence-corrected chi connectivity index (χ3v) is 5.07. The summed E-state index contributed by atoms with van der Waals surface area (Å²) in [6.45, 7) is 0. The quantitative estimate of drug-likeness (QED) is 0.845. The Balaban J connectivity index is 1.98. The Morgan fingerprint density at radius 1 is 1.17 bits per heavy atom. The lowest BCUT2D eigenvalue weighted by atomic mass is 10.2. The molecule has 0 unspecified atom stereocenters. The lowest BCUT2D eigenvalue weighted by Crippen LogP contribution is -2.17. The van der Waals surface area contributed by atoms with E-state index >= 15 is 0 Å². The zero-order valence-electron chi connectivity index (χ0n) is 12.1. The SMILES string of the molecule is C#Cc1cccc(NC(=O)CCS(=O)(=O)c2ccc(Cl)cc2)c1. The summed E-state index contributed by atoms with van der Waals surface area (Å²) in [7, 11) is -3.53. The van der Waals surface area contributed by atoms with Crippen LogP contribution in [-0.4, -0.2) is 20.1 Å². The van der Waals surface area contributed by atoms with E-state index in [0.717, 1.165) is 0 Å². The summed E-state index contributed by atoms with van der Waals surface area (Å²) in [6.07, 6.45) is 5.14. The highest BCUT2D eigenvalue weighted by atomic mass is 35.5. The Labute approximate surface area is 140 Å². The van der Waals surface area contributed by atoms with Crippen molar-refractivity contribution in [2.75, 3.05) is 11.1 Å². The Bertz CT molecular complexity index is 852. The predicted molar refractivity (Wildman–Crippen MR) is 91.1 cm³/mol. The van der Waals surface area contributed by atoms with Crippen molar-refractivity contribution in [2.45, 2.75) is 11.3 Å². The van der Waals surface area contributed by atoms with Crippen LogP contribution in [-0.2, 0) is 14.6 Å². The number of carbonyl (C=O) groups is 1. The second kappa shape index (κ2) is 7.32. The fourth-order valence-corrected chi connectivity index (χ4v) is 3.26. The van der Waals surface area contributed by atoms with Crippen molar-refractivity contribution in [2.24, 2.45) is 0 Å². The first kappa shape index (κ1) is 17.1. The summed E-state index contributed by atoms with van der Waals surface area (Å²) in [6, 6.07) is 12.6. The molecule has 0 fully saturated rings. The highest BCUT2D eigenvalue weighted by Gasteiger charge is 2.16. The number of amides is 1. The Morgan fingerprint density at radius 3 is 2.52 bits per heavy atom. The molecule has 118 valence electrons. The normalized spacial score (nSPS) is 10.8. The molecule has 1 N–H and O–H groups in total. The van der Waals surface area contributed by atoms with Gasteiger partial charge in [-0.25, -0.2) is 8.42 Å². The molecule has 0 heterocycles. The molecule has 2 aromatic rings. The zero-order chi connectivity index (χ0) is 16.9. The molecular weight excluding hydrogens is 334 g/mol. The Hall–Kier alpha value is -2.29. The first-order valence-corrected chi connectivity index (χ1v) is 8.78. The summed E-state index contributed by atoms with van der Waals surface area (Å²) in [4.78, 5) is 12.0. The molecule has 0 spiro atoms. The van der Waals surface area contributed by atoms with Gasteiger partial charge in [0.05, 0.1) is 10.6 Å². The van der Waals surface area contributed by atoms with E-state index in [1.807, 2.05) is 0 Å². The Kier molecular flexibility index (Phi) is 5.43. The monoisotopic (exact) mass is 347 g/mol. The molecule has 0 saturated carbocycles. The average Bonchev–Trinajstić information content (AvgIpc) is 2.54. The number of hydrogen-bond acceptors (Lipinski definition) is 3. The highest BCUT2D eigenvalue weighted by Crippen LogP contribution is 2.16. The van der Waals surface area contributed by atoms with Crippen LogP contribution >= 0.6 is 11.6 Å². The van der Waals surface area contributed by atoms with Crippen LogP contribution in [0.2, 0.25) is 5.02 Å². The molecule has 0 radical (unpaired) electrons. The van der Waals surface area contributed by atoms with E-state index in [1.54, 1.807) is 24.3 Å². The van der Waals surface area contributed by atoms with Crippen molar-refractivity contribution >= 4 is 33.0 Å². The molecule has 0 aliphatic heterocycles. The number of nitrogens with one attached hydrogen (secondary N) is 1. The maximum Gasteiger partial charge on any atom is 0.225 e. The van der Waals surface area contributed by atoms with Gasteiger partial charge in [0.1, 0.15) is 0 Å². The fraction of sp³-hybridized carbons (Fsp3) is 0.118. The standard InChI is InChI=1S/C17H14ClNO3S/c1-2-13-4-3-5-15(12-13)19-17(20)10-11-23(21,22)16-8-6-14(18)7-9-16/h1,3-9,12H,10-11H2,(H,19,20). The molecule has 2 rings (SSSR count). The van der Waals surface area contributed by atoms with Crippen LogP contribution in [0.4, 0.5) is 5.69 Å². The van der Waals surface area contributed by atoms with Gasteiger partial charge in [0.15, 0.2) is 9.84 Å². The number of carbonyl (C=O) groups excluding carboxylic acids is 1. The lowest BCUT2D eigenvalue weighted by molar-refractivity contribution is -0.115. The van der Waals surface area contributed by atoms with Crippen LogP contribution in [0.3, 0.4) is 0 Å². The van der Waals surface area contributed by atoms with Gasteiger partial charge in [-0.2, -0.15) is 0 Å². The van der Waals surface area contributed by atoms with Crippen molar-refractivity contribution in [3.63, 3.8) is 0 Å². The molecule has 23 heavy (non-hydrogen) atoms. The van der Waals surface area contributed by atoms with E-state index in [4.69, 9.17) is 18.0 Å². The van der Waals surface area contributed by atoms with Gasteiger partial charge < -0.3 is 5.32 Å². The zero-order valence-corrected chi connectivity index (χ0v) is 13.7. The Morgan fingerprint density at radius 2 is 1.87 bits per heavy atom. The number of anilines is 1. The molecule has 0 bridgehead atoms. The summed E-state index contributed by atoms with van der Waals surface area (Å²) in [5.74, 6) is 1.79. The maximum absolute atomic E-state index is 12.2. The van der Waals surface area contributed by atoms with Crippen molar-refractivity contribution in [3.05, 3.63) is 59.1 Å². The number of hydrogen-bond donors (Lipinski definition) is 1. The second-order valence-corrected chi connectivity index (χ2v) is 7.34. The van der Waals surface area contributed by atoms with E-state index in [0.29, 0.717) is 16.3 Å². The van der Waals surface area contributed by atoms with E-state index in [9.17, 15) is 13.2 Å². The van der Waals surface area contributed by atoms with Gasteiger partial charge in [-0.3, -0.25) is 4.79 Å². The molecule has 4 nitrogen and oxygen atoms in total. The third-order valence-electron chi connectivity index (χ3n) is 3.08. The van der Waals surface area contributed by atoms with E-state index < -0.39 is 15.7 Å². The van der Waals surface area contributed by atoms with E-state index in [2.05, 4.69) is 11.2 Å². The molecule has 0 saturated heterocycles. The maximum atomic E-state index is 12.2. The highest BCUT2D eigenvalue weighted by molar-refractivity contribution is 7.91. The van der Waals surface area contributed by atoms with Crippen LogP contribution in [0.1, 0.15) is 12.0 Å². The topological polar surface area (TPSA) is 63.2 Å². The van der Waals surface area contributed by atoms with Crippen molar-refractivity contribution in [1.29, 1.82) is 0 Å². The fourth-order valence-electron chi connectivity index (χ4n) is 1.90. The van der Waals surface area contributed by atoms with Crippen LogP contribution in [0, 0.1) is 12.3 Å². The van der Waals surface area contributed by atoms with Gasteiger partial charge >= 0.3 is 0 Å². The number of rotatable bonds is 5. The van der Waals surface area contributed by atoms with Crippen LogP contribution < -0.4 is 5.32 Å². The summed E-state index contributed by atoms with van der Waals surface area (Å²) in [5, 5.41) is 3.08. The smallest absolute Gasteiger partial charge is 0.225 e. The number of terminal acetylenes is 1. The second-order valence-electron chi connectivity index (χ2n) is 4.80. The molecule has 0 atom stereocenters. The van der Waals surface area contributed by atoms with Crippen molar-refractivity contribution < 1.29 is 13.2 Å².